The Hall–Kier alpha value is -2.67. The predicted molar refractivity (Wildman–Crippen MR) is 107 cm³/mol. The Morgan fingerprint density at radius 2 is 1.85 bits per heavy atom. The fourth-order valence-corrected chi connectivity index (χ4v) is 3.71. The van der Waals surface area contributed by atoms with Gasteiger partial charge in [0, 0.05) is 18.4 Å². The van der Waals surface area contributed by atoms with Crippen LogP contribution in [0.3, 0.4) is 0 Å². The molecule has 1 aliphatic rings. The van der Waals surface area contributed by atoms with E-state index in [0.717, 1.165) is 17.4 Å². The molecule has 1 aliphatic heterocycles. The number of benzene rings is 2. The number of carbonyl (C=O) groups is 1. The Bertz CT molecular complexity index is 982. The molecule has 0 aliphatic carbocycles. The highest BCUT2D eigenvalue weighted by Gasteiger charge is 2.33. The van der Waals surface area contributed by atoms with Gasteiger partial charge in [0.2, 0.25) is 15.9 Å². The summed E-state index contributed by atoms with van der Waals surface area (Å²) in [6.45, 7) is 3.82. The normalized spacial score (nSPS) is 16.9. The van der Waals surface area contributed by atoms with E-state index in [1.54, 1.807) is 19.1 Å². The van der Waals surface area contributed by atoms with Crippen molar-refractivity contribution in [3.63, 3.8) is 0 Å². The summed E-state index contributed by atoms with van der Waals surface area (Å²) >= 11 is 0. The first-order chi connectivity index (χ1) is 12.8. The van der Waals surface area contributed by atoms with E-state index in [1.165, 1.54) is 5.01 Å². The fraction of sp³-hybridized carbons (Fsp3) is 0.300. The van der Waals surface area contributed by atoms with Gasteiger partial charge in [0.1, 0.15) is 0 Å². The van der Waals surface area contributed by atoms with Gasteiger partial charge in [-0.2, -0.15) is 5.10 Å². The molecule has 1 atom stereocenters. The third kappa shape index (κ3) is 4.36. The summed E-state index contributed by atoms with van der Waals surface area (Å²) in [6.07, 6.45) is 1.99. The van der Waals surface area contributed by atoms with Crippen LogP contribution in [0.5, 0.6) is 0 Å². The lowest BCUT2D eigenvalue weighted by molar-refractivity contribution is -0.132. The fourth-order valence-electron chi connectivity index (χ4n) is 3.14. The van der Waals surface area contributed by atoms with E-state index in [-0.39, 0.29) is 11.9 Å². The minimum absolute atomic E-state index is 0.0656. The molecule has 0 aromatic heterocycles. The van der Waals surface area contributed by atoms with Crippen molar-refractivity contribution in [1.82, 2.24) is 5.01 Å². The number of para-hydroxylation sites is 1. The summed E-state index contributed by atoms with van der Waals surface area (Å²) in [6, 6.07) is 15.0. The van der Waals surface area contributed by atoms with E-state index in [2.05, 4.69) is 9.82 Å². The molecular formula is C20H23N3O3S. The van der Waals surface area contributed by atoms with Crippen LogP contribution in [0, 0.1) is 6.92 Å². The topological polar surface area (TPSA) is 78.8 Å². The maximum atomic E-state index is 12.5. The summed E-state index contributed by atoms with van der Waals surface area (Å²) in [7, 11) is -3.42. The summed E-state index contributed by atoms with van der Waals surface area (Å²) in [4.78, 5) is 12.5. The molecule has 142 valence electrons. The molecule has 0 saturated carbocycles. The zero-order valence-corrected chi connectivity index (χ0v) is 16.5. The van der Waals surface area contributed by atoms with Gasteiger partial charge < -0.3 is 0 Å². The van der Waals surface area contributed by atoms with Gasteiger partial charge in [0.25, 0.3) is 0 Å². The summed E-state index contributed by atoms with van der Waals surface area (Å²) in [5.74, 6) is -0.0656. The molecule has 27 heavy (non-hydrogen) atoms. The molecule has 6 nitrogen and oxygen atoms in total. The Morgan fingerprint density at radius 3 is 2.48 bits per heavy atom. The maximum absolute atomic E-state index is 12.5. The van der Waals surface area contributed by atoms with Crippen molar-refractivity contribution < 1.29 is 13.2 Å². The number of hydrogen-bond acceptors (Lipinski definition) is 4. The second-order valence-corrected chi connectivity index (χ2v) is 8.44. The lowest BCUT2D eigenvalue weighted by Crippen LogP contribution is -2.26. The Kier molecular flexibility index (Phi) is 5.32. The molecule has 0 bridgehead atoms. The number of carbonyl (C=O) groups excluding carboxylic acids is 1. The van der Waals surface area contributed by atoms with E-state index >= 15 is 0 Å². The van der Waals surface area contributed by atoms with Crippen LogP contribution in [0.1, 0.15) is 42.5 Å². The van der Waals surface area contributed by atoms with Crippen molar-refractivity contribution in [3.05, 3.63) is 65.2 Å². The Morgan fingerprint density at radius 1 is 1.19 bits per heavy atom. The molecule has 7 heteroatoms. The van der Waals surface area contributed by atoms with Gasteiger partial charge in [0.05, 0.1) is 23.7 Å². The van der Waals surface area contributed by atoms with E-state index in [4.69, 9.17) is 0 Å². The number of hydrazone groups is 1. The van der Waals surface area contributed by atoms with E-state index < -0.39 is 10.0 Å². The summed E-state index contributed by atoms with van der Waals surface area (Å²) < 4.78 is 25.9. The molecule has 2 aromatic rings. The van der Waals surface area contributed by atoms with Gasteiger partial charge in [-0.25, -0.2) is 13.4 Å². The van der Waals surface area contributed by atoms with Crippen LogP contribution in [-0.2, 0) is 14.8 Å². The number of nitrogens with one attached hydrogen (secondary N) is 1. The van der Waals surface area contributed by atoms with Gasteiger partial charge >= 0.3 is 0 Å². The van der Waals surface area contributed by atoms with Crippen LogP contribution in [-0.4, -0.2) is 31.3 Å². The van der Waals surface area contributed by atoms with E-state index in [0.29, 0.717) is 29.8 Å². The first-order valence-electron chi connectivity index (χ1n) is 8.82. The minimum atomic E-state index is -3.42. The second-order valence-electron chi connectivity index (χ2n) is 6.69. The quantitative estimate of drug-likeness (QED) is 0.856. The molecule has 0 spiro atoms. The number of sulfonamides is 1. The molecular weight excluding hydrogens is 362 g/mol. The van der Waals surface area contributed by atoms with Crippen molar-refractivity contribution in [2.24, 2.45) is 5.10 Å². The smallest absolute Gasteiger partial charge is 0.242 e. The maximum Gasteiger partial charge on any atom is 0.242 e. The third-order valence-electron chi connectivity index (χ3n) is 4.46. The molecule has 1 N–H and O–H groups in total. The van der Waals surface area contributed by atoms with Crippen LogP contribution in [0.15, 0.2) is 53.6 Å². The molecule has 0 unspecified atom stereocenters. The zero-order chi connectivity index (χ0) is 19.6. The molecule has 0 radical (unpaired) electrons. The molecule has 1 heterocycles. The number of hydrogen-bond donors (Lipinski definition) is 1. The van der Waals surface area contributed by atoms with Gasteiger partial charge in [-0.05, 0) is 18.6 Å². The highest BCUT2D eigenvalue weighted by Crippen LogP contribution is 2.35. The van der Waals surface area contributed by atoms with E-state index in [9.17, 15) is 13.2 Å². The second kappa shape index (κ2) is 7.52. The van der Waals surface area contributed by atoms with Crippen LogP contribution >= 0.6 is 0 Å². The average Bonchev–Trinajstić information content (AvgIpc) is 3.06. The largest absolute Gasteiger partial charge is 0.283 e. The molecule has 0 saturated heterocycles. The van der Waals surface area contributed by atoms with Crippen molar-refractivity contribution in [2.45, 2.75) is 32.7 Å². The molecule has 1 amide bonds. The average molecular weight is 385 g/mol. The number of amides is 1. The van der Waals surface area contributed by atoms with Crippen LogP contribution in [0.4, 0.5) is 5.69 Å². The SMILES string of the molecule is CCC(=O)N1N=C(c2ccccc2NS(C)(=O)=O)C[C@H]1c1ccc(C)cc1. The van der Waals surface area contributed by atoms with Gasteiger partial charge in [0.15, 0.2) is 0 Å². The standard InChI is InChI=1S/C20H23N3O3S/c1-4-20(24)23-19(15-11-9-14(2)10-12-15)13-18(21-23)16-7-5-6-8-17(16)22-27(3,25)26/h5-12,19,22H,4,13H2,1-3H3/t19-/m0/s1. The zero-order valence-electron chi connectivity index (χ0n) is 15.6. The van der Waals surface area contributed by atoms with Crippen molar-refractivity contribution >= 4 is 27.3 Å². The lowest BCUT2D eigenvalue weighted by Gasteiger charge is -2.21. The molecule has 3 rings (SSSR count). The van der Waals surface area contributed by atoms with Crippen molar-refractivity contribution in [1.29, 1.82) is 0 Å². The first kappa shape index (κ1) is 19.1. The highest BCUT2D eigenvalue weighted by atomic mass is 32.2. The van der Waals surface area contributed by atoms with Gasteiger partial charge in [-0.15, -0.1) is 0 Å². The Labute approximate surface area is 159 Å². The number of rotatable bonds is 5. The van der Waals surface area contributed by atoms with Crippen molar-refractivity contribution in [3.8, 4) is 0 Å². The summed E-state index contributed by atoms with van der Waals surface area (Å²) in [5, 5.41) is 6.09. The first-order valence-corrected chi connectivity index (χ1v) is 10.7. The monoisotopic (exact) mass is 385 g/mol. The Balaban J connectivity index is 2.00. The van der Waals surface area contributed by atoms with E-state index in [1.807, 2.05) is 43.3 Å². The van der Waals surface area contributed by atoms with Gasteiger partial charge in [-0.3, -0.25) is 9.52 Å². The summed E-state index contributed by atoms with van der Waals surface area (Å²) in [5.41, 5.74) is 4.00. The third-order valence-corrected chi connectivity index (χ3v) is 5.05. The van der Waals surface area contributed by atoms with Crippen LogP contribution < -0.4 is 4.72 Å². The highest BCUT2D eigenvalue weighted by molar-refractivity contribution is 7.92. The molecule has 2 aromatic carbocycles. The van der Waals surface area contributed by atoms with Gasteiger partial charge in [-0.1, -0.05) is 55.0 Å². The predicted octanol–water partition coefficient (Wildman–Crippen LogP) is 3.45. The van der Waals surface area contributed by atoms with Crippen LogP contribution in [0.2, 0.25) is 0 Å². The van der Waals surface area contributed by atoms with Crippen LogP contribution in [0.25, 0.3) is 0 Å². The number of aryl methyl sites for hydroxylation is 1. The lowest BCUT2D eigenvalue weighted by atomic mass is 9.97. The molecule has 0 fully saturated rings. The number of nitrogens with zero attached hydrogens (tertiary/aromatic N) is 2. The number of anilines is 1. The van der Waals surface area contributed by atoms with Crippen molar-refractivity contribution in [2.75, 3.05) is 11.0 Å². The minimum Gasteiger partial charge on any atom is -0.283 e.